The quantitative estimate of drug-likeness (QED) is 0.872. The Balaban J connectivity index is 3.11. The lowest BCUT2D eigenvalue weighted by Crippen LogP contribution is -2.16. The van der Waals surface area contributed by atoms with Gasteiger partial charge in [0.1, 0.15) is 0 Å². The molecule has 1 unspecified atom stereocenters. The summed E-state index contributed by atoms with van der Waals surface area (Å²) in [5, 5.41) is 9.14. The van der Waals surface area contributed by atoms with Crippen LogP contribution in [-0.4, -0.2) is 18.3 Å². The Morgan fingerprint density at radius 2 is 1.86 bits per heavy atom. The first kappa shape index (κ1) is 11.7. The Morgan fingerprint density at radius 3 is 2.21 bits per heavy atom. The minimum absolute atomic E-state index is 0.0560. The van der Waals surface area contributed by atoms with Crippen molar-refractivity contribution in [1.29, 1.82) is 0 Å². The number of halogens is 1. The molecule has 0 heterocycles. The van der Waals surface area contributed by atoms with E-state index in [1.54, 1.807) is 0 Å². The van der Waals surface area contributed by atoms with Gasteiger partial charge < -0.3 is 10.8 Å². The lowest BCUT2D eigenvalue weighted by molar-refractivity contribution is 0.268. The van der Waals surface area contributed by atoms with Crippen molar-refractivity contribution < 1.29 is 5.11 Å². The molecule has 0 aromatic heterocycles. The predicted octanol–water partition coefficient (Wildman–Crippen LogP) is 2.10. The van der Waals surface area contributed by atoms with E-state index in [0.29, 0.717) is 6.54 Å². The number of aliphatic hydroxyl groups is 1. The molecule has 1 aromatic rings. The molecule has 0 fully saturated rings. The standard InChI is InChI=1S/C11H16BrNO/c1-7-3-9(10(5-13)6-14)4-8(2)11(7)12/h3-4,10,14H,5-6,13H2,1-2H3. The van der Waals surface area contributed by atoms with Gasteiger partial charge in [0.2, 0.25) is 0 Å². The second kappa shape index (κ2) is 4.91. The smallest absolute Gasteiger partial charge is 0.0511 e. The maximum absolute atomic E-state index is 9.14. The van der Waals surface area contributed by atoms with Crippen molar-refractivity contribution >= 4 is 15.9 Å². The monoisotopic (exact) mass is 257 g/mol. The Hall–Kier alpha value is -0.380. The summed E-state index contributed by atoms with van der Waals surface area (Å²) >= 11 is 3.51. The molecule has 3 N–H and O–H groups in total. The largest absolute Gasteiger partial charge is 0.396 e. The minimum Gasteiger partial charge on any atom is -0.396 e. The van der Waals surface area contributed by atoms with Gasteiger partial charge in [-0.25, -0.2) is 0 Å². The average molecular weight is 258 g/mol. The van der Waals surface area contributed by atoms with Crippen molar-refractivity contribution in [3.63, 3.8) is 0 Å². The molecule has 0 aliphatic rings. The Labute approximate surface area is 93.3 Å². The van der Waals surface area contributed by atoms with Crippen molar-refractivity contribution in [3.05, 3.63) is 33.3 Å². The molecule has 0 bridgehead atoms. The zero-order chi connectivity index (χ0) is 10.7. The van der Waals surface area contributed by atoms with Crippen LogP contribution in [0.4, 0.5) is 0 Å². The van der Waals surface area contributed by atoms with E-state index in [2.05, 4.69) is 28.1 Å². The maximum Gasteiger partial charge on any atom is 0.0511 e. The van der Waals surface area contributed by atoms with Crippen molar-refractivity contribution in [2.24, 2.45) is 5.73 Å². The molecule has 0 amide bonds. The van der Waals surface area contributed by atoms with Gasteiger partial charge in [-0.1, -0.05) is 28.1 Å². The van der Waals surface area contributed by atoms with E-state index >= 15 is 0 Å². The summed E-state index contributed by atoms with van der Waals surface area (Å²) in [6.07, 6.45) is 0. The van der Waals surface area contributed by atoms with Crippen LogP contribution >= 0.6 is 15.9 Å². The zero-order valence-electron chi connectivity index (χ0n) is 8.55. The molecule has 1 aromatic carbocycles. The van der Waals surface area contributed by atoms with Crippen molar-refractivity contribution in [2.45, 2.75) is 19.8 Å². The normalized spacial score (nSPS) is 12.9. The Kier molecular flexibility index (Phi) is 4.11. The highest BCUT2D eigenvalue weighted by molar-refractivity contribution is 9.10. The van der Waals surface area contributed by atoms with Gasteiger partial charge in [-0.3, -0.25) is 0 Å². The third-order valence-corrected chi connectivity index (χ3v) is 3.69. The molecular weight excluding hydrogens is 242 g/mol. The molecule has 0 aliphatic heterocycles. The number of hydrogen-bond acceptors (Lipinski definition) is 2. The van der Waals surface area contributed by atoms with E-state index in [4.69, 9.17) is 10.8 Å². The molecule has 0 spiro atoms. The zero-order valence-corrected chi connectivity index (χ0v) is 10.1. The molecular formula is C11H16BrNO. The highest BCUT2D eigenvalue weighted by Gasteiger charge is 2.10. The summed E-state index contributed by atoms with van der Waals surface area (Å²) < 4.78 is 1.13. The van der Waals surface area contributed by atoms with Gasteiger partial charge >= 0.3 is 0 Å². The second-order valence-electron chi connectivity index (χ2n) is 3.58. The van der Waals surface area contributed by atoms with Gasteiger partial charge in [-0.15, -0.1) is 0 Å². The van der Waals surface area contributed by atoms with Crippen LogP contribution in [0, 0.1) is 13.8 Å². The fourth-order valence-corrected chi connectivity index (χ4v) is 1.76. The van der Waals surface area contributed by atoms with Gasteiger partial charge in [0.15, 0.2) is 0 Å². The summed E-state index contributed by atoms with van der Waals surface area (Å²) in [4.78, 5) is 0. The molecule has 2 nitrogen and oxygen atoms in total. The first-order chi connectivity index (χ1) is 6.60. The molecule has 1 rings (SSSR count). The van der Waals surface area contributed by atoms with Crippen LogP contribution in [0.2, 0.25) is 0 Å². The highest BCUT2D eigenvalue weighted by atomic mass is 79.9. The van der Waals surface area contributed by atoms with Crippen LogP contribution < -0.4 is 5.73 Å². The van der Waals surface area contributed by atoms with Crippen LogP contribution in [0.3, 0.4) is 0 Å². The minimum atomic E-state index is 0.0560. The number of nitrogens with two attached hydrogens (primary N) is 1. The van der Waals surface area contributed by atoms with Crippen LogP contribution in [0.25, 0.3) is 0 Å². The van der Waals surface area contributed by atoms with Crippen molar-refractivity contribution in [2.75, 3.05) is 13.2 Å². The molecule has 0 radical (unpaired) electrons. The molecule has 78 valence electrons. The van der Waals surface area contributed by atoms with Crippen molar-refractivity contribution in [1.82, 2.24) is 0 Å². The fourth-order valence-electron chi connectivity index (χ4n) is 1.53. The lowest BCUT2D eigenvalue weighted by atomic mass is 9.96. The topological polar surface area (TPSA) is 46.2 Å². The third-order valence-electron chi connectivity index (χ3n) is 2.44. The number of hydrogen-bond donors (Lipinski definition) is 2. The maximum atomic E-state index is 9.14. The van der Waals surface area contributed by atoms with Gasteiger partial charge in [-0.05, 0) is 30.5 Å². The van der Waals surface area contributed by atoms with Crippen LogP contribution in [-0.2, 0) is 0 Å². The number of benzene rings is 1. The Bertz CT molecular complexity index is 298. The number of rotatable bonds is 3. The van der Waals surface area contributed by atoms with E-state index < -0.39 is 0 Å². The second-order valence-corrected chi connectivity index (χ2v) is 4.38. The van der Waals surface area contributed by atoms with Crippen LogP contribution in [0.1, 0.15) is 22.6 Å². The molecule has 0 saturated heterocycles. The summed E-state index contributed by atoms with van der Waals surface area (Å²) in [7, 11) is 0. The summed E-state index contributed by atoms with van der Waals surface area (Å²) in [6, 6.07) is 4.15. The summed E-state index contributed by atoms with van der Waals surface area (Å²) in [5.74, 6) is 0.0560. The van der Waals surface area contributed by atoms with Crippen LogP contribution in [0.15, 0.2) is 16.6 Å². The number of aliphatic hydroxyl groups excluding tert-OH is 1. The van der Waals surface area contributed by atoms with E-state index in [-0.39, 0.29) is 12.5 Å². The molecule has 3 heteroatoms. The van der Waals surface area contributed by atoms with E-state index in [1.807, 2.05) is 13.8 Å². The van der Waals surface area contributed by atoms with Gasteiger partial charge in [-0.2, -0.15) is 0 Å². The van der Waals surface area contributed by atoms with Crippen molar-refractivity contribution in [3.8, 4) is 0 Å². The SMILES string of the molecule is Cc1cc(C(CN)CO)cc(C)c1Br. The first-order valence-corrected chi connectivity index (χ1v) is 5.47. The van der Waals surface area contributed by atoms with Gasteiger partial charge in [0.25, 0.3) is 0 Å². The average Bonchev–Trinajstić information content (AvgIpc) is 2.16. The van der Waals surface area contributed by atoms with E-state index in [9.17, 15) is 0 Å². The number of aryl methyl sites for hydroxylation is 2. The van der Waals surface area contributed by atoms with E-state index in [1.165, 1.54) is 11.1 Å². The van der Waals surface area contributed by atoms with Crippen LogP contribution in [0.5, 0.6) is 0 Å². The summed E-state index contributed by atoms with van der Waals surface area (Å²) in [5.41, 5.74) is 9.07. The van der Waals surface area contributed by atoms with E-state index in [0.717, 1.165) is 10.0 Å². The first-order valence-electron chi connectivity index (χ1n) is 4.67. The molecule has 0 aliphatic carbocycles. The predicted molar refractivity (Wildman–Crippen MR) is 62.5 cm³/mol. The third kappa shape index (κ3) is 2.35. The van der Waals surface area contributed by atoms with Gasteiger partial charge in [0, 0.05) is 16.9 Å². The molecule has 0 saturated carbocycles. The highest BCUT2D eigenvalue weighted by Crippen LogP contribution is 2.25. The summed E-state index contributed by atoms with van der Waals surface area (Å²) in [6.45, 7) is 4.69. The molecule has 1 atom stereocenters. The molecule has 14 heavy (non-hydrogen) atoms. The van der Waals surface area contributed by atoms with Gasteiger partial charge in [0.05, 0.1) is 6.61 Å². The Morgan fingerprint density at radius 1 is 1.36 bits per heavy atom. The lowest BCUT2D eigenvalue weighted by Gasteiger charge is -2.14. The fraction of sp³-hybridized carbons (Fsp3) is 0.455.